The lowest BCUT2D eigenvalue weighted by Gasteiger charge is -2.06. The Morgan fingerprint density at radius 1 is 1.17 bits per heavy atom. The summed E-state index contributed by atoms with van der Waals surface area (Å²) in [5.41, 5.74) is 6.13. The van der Waals surface area contributed by atoms with Gasteiger partial charge in [0.25, 0.3) is 5.91 Å². The zero-order valence-electron chi connectivity index (χ0n) is 10.5. The molecule has 0 heterocycles. The molecule has 0 aromatic heterocycles. The van der Waals surface area contributed by atoms with Crippen molar-refractivity contribution in [3.8, 4) is 0 Å². The molecule has 0 fully saturated rings. The maximum atomic E-state index is 11.7. The van der Waals surface area contributed by atoms with E-state index in [4.69, 9.17) is 5.73 Å². The number of anilines is 1. The van der Waals surface area contributed by atoms with Gasteiger partial charge in [-0.25, -0.2) is 4.79 Å². The Labute approximate surface area is 107 Å². The van der Waals surface area contributed by atoms with Crippen LogP contribution in [0.15, 0.2) is 24.3 Å². The summed E-state index contributed by atoms with van der Waals surface area (Å²) in [5, 5.41) is 5.28. The van der Waals surface area contributed by atoms with E-state index < -0.39 is 6.03 Å². The van der Waals surface area contributed by atoms with Crippen LogP contribution in [0.1, 0.15) is 36.5 Å². The van der Waals surface area contributed by atoms with E-state index in [1.54, 1.807) is 24.3 Å². The van der Waals surface area contributed by atoms with E-state index >= 15 is 0 Å². The number of hydrogen-bond donors (Lipinski definition) is 3. The van der Waals surface area contributed by atoms with Gasteiger partial charge in [-0.05, 0) is 30.7 Å². The van der Waals surface area contributed by atoms with Crippen LogP contribution in [0.5, 0.6) is 0 Å². The molecule has 3 amide bonds. The molecule has 0 radical (unpaired) electrons. The average molecular weight is 249 g/mol. The fraction of sp³-hybridized carbons (Fsp3) is 0.385. The van der Waals surface area contributed by atoms with Gasteiger partial charge in [0.2, 0.25) is 0 Å². The molecule has 1 aromatic carbocycles. The van der Waals surface area contributed by atoms with Crippen LogP contribution in [0.25, 0.3) is 0 Å². The third-order valence-corrected chi connectivity index (χ3v) is 2.48. The number of nitrogens with two attached hydrogens (primary N) is 1. The second-order valence-corrected chi connectivity index (χ2v) is 4.03. The van der Waals surface area contributed by atoms with E-state index in [0.717, 1.165) is 19.3 Å². The lowest BCUT2D eigenvalue weighted by atomic mass is 10.2. The fourth-order valence-electron chi connectivity index (χ4n) is 1.53. The van der Waals surface area contributed by atoms with Gasteiger partial charge in [-0.15, -0.1) is 0 Å². The molecule has 0 spiro atoms. The van der Waals surface area contributed by atoms with Crippen molar-refractivity contribution in [2.75, 3.05) is 11.9 Å². The third kappa shape index (κ3) is 4.86. The first-order chi connectivity index (χ1) is 8.63. The summed E-state index contributed by atoms with van der Waals surface area (Å²) < 4.78 is 0. The number of amides is 3. The molecule has 5 heteroatoms. The van der Waals surface area contributed by atoms with Crippen LogP contribution >= 0.6 is 0 Å². The summed E-state index contributed by atoms with van der Waals surface area (Å²) in [7, 11) is 0. The Morgan fingerprint density at radius 2 is 1.83 bits per heavy atom. The molecule has 0 bridgehead atoms. The van der Waals surface area contributed by atoms with Crippen LogP contribution in [0.4, 0.5) is 10.5 Å². The summed E-state index contributed by atoms with van der Waals surface area (Å²) >= 11 is 0. The van der Waals surface area contributed by atoms with E-state index in [0.29, 0.717) is 17.8 Å². The van der Waals surface area contributed by atoms with Crippen molar-refractivity contribution in [3.63, 3.8) is 0 Å². The topological polar surface area (TPSA) is 84.2 Å². The van der Waals surface area contributed by atoms with E-state index in [9.17, 15) is 9.59 Å². The number of urea groups is 1. The van der Waals surface area contributed by atoms with Crippen LogP contribution in [0.2, 0.25) is 0 Å². The summed E-state index contributed by atoms with van der Waals surface area (Å²) in [6, 6.07) is 5.98. The molecule has 0 atom stereocenters. The maximum absolute atomic E-state index is 11.7. The second kappa shape index (κ2) is 7.32. The molecular formula is C13H19N3O2. The van der Waals surface area contributed by atoms with Gasteiger partial charge in [0.15, 0.2) is 0 Å². The predicted molar refractivity (Wildman–Crippen MR) is 71.5 cm³/mol. The first-order valence-corrected chi connectivity index (χ1v) is 6.08. The van der Waals surface area contributed by atoms with E-state index in [1.165, 1.54) is 0 Å². The summed E-state index contributed by atoms with van der Waals surface area (Å²) in [6.07, 6.45) is 3.23. The minimum absolute atomic E-state index is 0.100. The van der Waals surface area contributed by atoms with Crippen molar-refractivity contribution in [3.05, 3.63) is 29.8 Å². The van der Waals surface area contributed by atoms with Crippen molar-refractivity contribution in [1.29, 1.82) is 0 Å². The van der Waals surface area contributed by atoms with Crippen molar-refractivity contribution in [1.82, 2.24) is 5.32 Å². The summed E-state index contributed by atoms with van der Waals surface area (Å²) in [5.74, 6) is -0.100. The second-order valence-electron chi connectivity index (χ2n) is 4.03. The van der Waals surface area contributed by atoms with Crippen LogP contribution in [0, 0.1) is 0 Å². The highest BCUT2D eigenvalue weighted by Gasteiger charge is 2.04. The smallest absolute Gasteiger partial charge is 0.316 e. The van der Waals surface area contributed by atoms with Crippen LogP contribution in [-0.4, -0.2) is 18.5 Å². The minimum Gasteiger partial charge on any atom is -0.352 e. The lowest BCUT2D eigenvalue weighted by Crippen LogP contribution is -2.24. The van der Waals surface area contributed by atoms with E-state index in [1.807, 2.05) is 0 Å². The highest BCUT2D eigenvalue weighted by molar-refractivity contribution is 5.95. The number of unbranched alkanes of at least 4 members (excludes halogenated alkanes) is 2. The number of hydrogen-bond acceptors (Lipinski definition) is 2. The first kappa shape index (κ1) is 14.0. The first-order valence-electron chi connectivity index (χ1n) is 6.08. The van der Waals surface area contributed by atoms with Gasteiger partial charge in [-0.3, -0.25) is 4.79 Å². The van der Waals surface area contributed by atoms with Gasteiger partial charge in [-0.2, -0.15) is 0 Å². The Morgan fingerprint density at radius 3 is 2.39 bits per heavy atom. The Kier molecular flexibility index (Phi) is 5.70. The van der Waals surface area contributed by atoms with Crippen LogP contribution in [0.3, 0.4) is 0 Å². The van der Waals surface area contributed by atoms with E-state index in [-0.39, 0.29) is 5.91 Å². The van der Waals surface area contributed by atoms with Gasteiger partial charge < -0.3 is 16.4 Å². The molecule has 1 aromatic rings. The minimum atomic E-state index is -0.619. The number of benzene rings is 1. The van der Waals surface area contributed by atoms with Gasteiger partial charge in [0.05, 0.1) is 0 Å². The standard InChI is InChI=1S/C13H19N3O2/c1-2-3-4-9-15-12(17)10-5-7-11(8-6-10)16-13(14)18/h5-8H,2-4,9H2,1H3,(H,15,17)(H3,14,16,18). The Bertz CT molecular complexity index is 401. The normalized spacial score (nSPS) is 9.83. The largest absolute Gasteiger partial charge is 0.352 e. The fourth-order valence-corrected chi connectivity index (χ4v) is 1.53. The SMILES string of the molecule is CCCCCNC(=O)c1ccc(NC(N)=O)cc1. The van der Waals surface area contributed by atoms with Gasteiger partial charge >= 0.3 is 6.03 Å². The van der Waals surface area contributed by atoms with E-state index in [2.05, 4.69) is 17.6 Å². The number of rotatable bonds is 6. The number of nitrogens with one attached hydrogen (secondary N) is 2. The number of primary amides is 1. The molecule has 0 saturated carbocycles. The van der Waals surface area contributed by atoms with Gasteiger partial charge in [0, 0.05) is 17.8 Å². The molecule has 4 N–H and O–H groups in total. The number of carbonyl (C=O) groups is 2. The van der Waals surface area contributed by atoms with Crippen LogP contribution in [-0.2, 0) is 0 Å². The Balaban J connectivity index is 2.46. The lowest BCUT2D eigenvalue weighted by molar-refractivity contribution is 0.0953. The molecule has 18 heavy (non-hydrogen) atoms. The molecule has 0 unspecified atom stereocenters. The quantitative estimate of drug-likeness (QED) is 0.674. The monoisotopic (exact) mass is 249 g/mol. The molecule has 0 saturated heterocycles. The van der Waals surface area contributed by atoms with Crippen molar-refractivity contribution in [2.45, 2.75) is 26.2 Å². The molecule has 0 aliphatic carbocycles. The maximum Gasteiger partial charge on any atom is 0.316 e. The van der Waals surface area contributed by atoms with Gasteiger partial charge in [-0.1, -0.05) is 19.8 Å². The van der Waals surface area contributed by atoms with Crippen molar-refractivity contribution in [2.24, 2.45) is 5.73 Å². The van der Waals surface area contributed by atoms with Gasteiger partial charge in [0.1, 0.15) is 0 Å². The van der Waals surface area contributed by atoms with Crippen LogP contribution < -0.4 is 16.4 Å². The molecule has 0 aliphatic rings. The molecule has 98 valence electrons. The average Bonchev–Trinajstić information content (AvgIpc) is 2.34. The third-order valence-electron chi connectivity index (χ3n) is 2.48. The highest BCUT2D eigenvalue weighted by Crippen LogP contribution is 2.09. The summed E-state index contributed by atoms with van der Waals surface area (Å²) in [6.45, 7) is 2.81. The van der Waals surface area contributed by atoms with Crippen molar-refractivity contribution >= 4 is 17.6 Å². The molecule has 5 nitrogen and oxygen atoms in total. The van der Waals surface area contributed by atoms with Crippen molar-refractivity contribution < 1.29 is 9.59 Å². The summed E-state index contributed by atoms with van der Waals surface area (Å²) in [4.78, 5) is 22.3. The zero-order chi connectivity index (χ0) is 13.4. The molecule has 0 aliphatic heterocycles. The molecule has 1 rings (SSSR count). The Hall–Kier alpha value is -2.04. The zero-order valence-corrected chi connectivity index (χ0v) is 10.5. The predicted octanol–water partition coefficient (Wildman–Crippen LogP) is 2.10. The molecular weight excluding hydrogens is 230 g/mol. The highest BCUT2D eigenvalue weighted by atomic mass is 16.2. The number of carbonyl (C=O) groups excluding carboxylic acids is 2.